The normalized spacial score (nSPS) is 11.6. The minimum absolute atomic E-state index is 0.0956. The number of sulfone groups is 1. The highest BCUT2D eigenvalue weighted by Crippen LogP contribution is 2.15. The van der Waals surface area contributed by atoms with E-state index in [1.165, 1.54) is 0 Å². The third-order valence-corrected chi connectivity index (χ3v) is 4.46. The van der Waals surface area contributed by atoms with E-state index in [1.54, 1.807) is 31.4 Å². The van der Waals surface area contributed by atoms with E-state index in [-0.39, 0.29) is 5.75 Å². The van der Waals surface area contributed by atoms with Crippen LogP contribution in [-0.2, 0) is 14.6 Å². The predicted molar refractivity (Wildman–Crippen MR) is 70.9 cm³/mol. The van der Waals surface area contributed by atoms with Crippen LogP contribution in [0.1, 0.15) is 0 Å². The summed E-state index contributed by atoms with van der Waals surface area (Å²) in [6.45, 7) is 1.67. The van der Waals surface area contributed by atoms with Crippen molar-refractivity contribution in [1.82, 2.24) is 5.32 Å². The molecule has 0 saturated heterocycles. The maximum absolute atomic E-state index is 11.9. The maximum Gasteiger partial charge on any atom is 0.179 e. The highest BCUT2D eigenvalue weighted by atomic mass is 79.9. The van der Waals surface area contributed by atoms with Gasteiger partial charge in [-0.1, -0.05) is 15.9 Å². The molecule has 0 unspecified atom stereocenters. The summed E-state index contributed by atoms with van der Waals surface area (Å²) in [6.07, 6.45) is 0. The Balaban J connectivity index is 2.48. The molecule has 0 radical (unpaired) electrons. The fourth-order valence-corrected chi connectivity index (χ4v) is 2.73. The van der Waals surface area contributed by atoms with Gasteiger partial charge in [0.2, 0.25) is 0 Å². The molecule has 0 spiro atoms. The molecule has 1 rings (SSSR count). The number of ether oxygens (including phenoxy) is 1. The van der Waals surface area contributed by atoms with Gasteiger partial charge in [-0.25, -0.2) is 8.42 Å². The van der Waals surface area contributed by atoms with Crippen molar-refractivity contribution in [3.05, 3.63) is 28.7 Å². The Morgan fingerprint density at radius 2 is 1.88 bits per heavy atom. The molecular formula is C11H16BrNO3S. The number of benzene rings is 1. The van der Waals surface area contributed by atoms with Crippen molar-refractivity contribution in [3.8, 4) is 0 Å². The molecule has 0 atom stereocenters. The highest BCUT2D eigenvalue weighted by Gasteiger charge is 2.13. The number of halogens is 1. The number of hydrogen-bond acceptors (Lipinski definition) is 4. The first-order valence-corrected chi connectivity index (χ1v) is 7.69. The summed E-state index contributed by atoms with van der Waals surface area (Å²) in [5.74, 6) is 0.0956. The van der Waals surface area contributed by atoms with Crippen LogP contribution in [0, 0.1) is 0 Å². The van der Waals surface area contributed by atoms with Crippen LogP contribution in [0.4, 0.5) is 0 Å². The van der Waals surface area contributed by atoms with Crippen LogP contribution in [0.25, 0.3) is 0 Å². The molecule has 4 nitrogen and oxygen atoms in total. The summed E-state index contributed by atoms with van der Waals surface area (Å²) >= 11 is 3.27. The number of rotatable bonds is 7. The second kappa shape index (κ2) is 7.10. The largest absolute Gasteiger partial charge is 0.383 e. The topological polar surface area (TPSA) is 55.4 Å². The predicted octanol–water partition coefficient (Wildman–Crippen LogP) is 1.46. The van der Waals surface area contributed by atoms with Gasteiger partial charge < -0.3 is 10.1 Å². The lowest BCUT2D eigenvalue weighted by atomic mass is 10.4. The highest BCUT2D eigenvalue weighted by molar-refractivity contribution is 9.10. The molecule has 17 heavy (non-hydrogen) atoms. The van der Waals surface area contributed by atoms with E-state index in [9.17, 15) is 8.42 Å². The number of hydrogen-bond donors (Lipinski definition) is 1. The summed E-state index contributed by atoms with van der Waals surface area (Å²) in [5.41, 5.74) is 0. The van der Waals surface area contributed by atoms with Crippen LogP contribution >= 0.6 is 15.9 Å². The Morgan fingerprint density at radius 3 is 2.47 bits per heavy atom. The first-order valence-electron chi connectivity index (χ1n) is 5.24. The molecule has 0 aromatic heterocycles. The quantitative estimate of drug-likeness (QED) is 0.772. The fourth-order valence-electron chi connectivity index (χ4n) is 1.27. The third kappa shape index (κ3) is 5.16. The SMILES string of the molecule is COCCNCCS(=O)(=O)c1ccc(Br)cc1. The van der Waals surface area contributed by atoms with Crippen molar-refractivity contribution in [2.75, 3.05) is 32.6 Å². The van der Waals surface area contributed by atoms with E-state index < -0.39 is 9.84 Å². The van der Waals surface area contributed by atoms with Gasteiger partial charge in [-0.2, -0.15) is 0 Å². The van der Waals surface area contributed by atoms with Gasteiger partial charge in [-0.3, -0.25) is 0 Å². The van der Waals surface area contributed by atoms with Gasteiger partial charge in [0.1, 0.15) is 0 Å². The van der Waals surface area contributed by atoms with Gasteiger partial charge in [0.15, 0.2) is 9.84 Å². The molecule has 0 saturated carbocycles. The number of nitrogens with one attached hydrogen (secondary N) is 1. The summed E-state index contributed by atoms with van der Waals surface area (Å²) in [4.78, 5) is 0.356. The summed E-state index contributed by atoms with van der Waals surface area (Å²) in [6, 6.07) is 6.67. The monoisotopic (exact) mass is 321 g/mol. The molecule has 0 heterocycles. The Labute approximate surface area is 110 Å². The van der Waals surface area contributed by atoms with E-state index in [2.05, 4.69) is 21.2 Å². The summed E-state index contributed by atoms with van der Waals surface area (Å²) < 4.78 is 29.5. The first kappa shape index (κ1) is 14.6. The molecular weight excluding hydrogens is 306 g/mol. The van der Waals surface area contributed by atoms with Crippen molar-refractivity contribution < 1.29 is 13.2 Å². The van der Waals surface area contributed by atoms with Gasteiger partial charge in [0.05, 0.1) is 17.3 Å². The van der Waals surface area contributed by atoms with Gasteiger partial charge in [0.25, 0.3) is 0 Å². The molecule has 1 N–H and O–H groups in total. The molecule has 0 aliphatic rings. The van der Waals surface area contributed by atoms with Crippen LogP contribution < -0.4 is 5.32 Å². The van der Waals surface area contributed by atoms with Crippen molar-refractivity contribution >= 4 is 25.8 Å². The lowest BCUT2D eigenvalue weighted by molar-refractivity contribution is 0.200. The third-order valence-electron chi connectivity index (χ3n) is 2.20. The second-order valence-corrected chi connectivity index (χ2v) is 6.54. The Hall–Kier alpha value is -0.430. The van der Waals surface area contributed by atoms with Crippen molar-refractivity contribution in [2.24, 2.45) is 0 Å². The Bertz CT molecular complexity index is 431. The molecule has 0 fully saturated rings. The van der Waals surface area contributed by atoms with E-state index in [0.29, 0.717) is 24.6 Å². The van der Waals surface area contributed by atoms with Crippen molar-refractivity contribution in [2.45, 2.75) is 4.90 Å². The zero-order chi connectivity index (χ0) is 12.7. The van der Waals surface area contributed by atoms with Crippen LogP contribution in [0.5, 0.6) is 0 Å². The van der Waals surface area contributed by atoms with E-state index >= 15 is 0 Å². The van der Waals surface area contributed by atoms with Crippen LogP contribution in [0.2, 0.25) is 0 Å². The molecule has 1 aromatic carbocycles. The molecule has 96 valence electrons. The minimum atomic E-state index is -3.19. The van der Waals surface area contributed by atoms with Crippen molar-refractivity contribution in [1.29, 1.82) is 0 Å². The molecule has 1 aromatic rings. The smallest absolute Gasteiger partial charge is 0.179 e. The first-order chi connectivity index (χ1) is 8.06. The van der Waals surface area contributed by atoms with Crippen molar-refractivity contribution in [3.63, 3.8) is 0 Å². The molecule has 0 aliphatic carbocycles. The van der Waals surface area contributed by atoms with Gasteiger partial charge in [-0.05, 0) is 24.3 Å². The lowest BCUT2D eigenvalue weighted by Gasteiger charge is -2.06. The molecule has 0 bridgehead atoms. The second-order valence-electron chi connectivity index (χ2n) is 3.52. The summed E-state index contributed by atoms with van der Waals surface area (Å²) in [5, 5.41) is 3.01. The average molecular weight is 322 g/mol. The van der Waals surface area contributed by atoms with Crippen LogP contribution in [0.3, 0.4) is 0 Å². The van der Waals surface area contributed by atoms with Gasteiger partial charge in [0, 0.05) is 24.7 Å². The number of methoxy groups -OCH3 is 1. The van der Waals surface area contributed by atoms with E-state index in [1.807, 2.05) is 0 Å². The van der Waals surface area contributed by atoms with E-state index in [0.717, 1.165) is 4.47 Å². The average Bonchev–Trinajstić information content (AvgIpc) is 2.29. The van der Waals surface area contributed by atoms with Gasteiger partial charge >= 0.3 is 0 Å². The maximum atomic E-state index is 11.9. The molecule has 6 heteroatoms. The lowest BCUT2D eigenvalue weighted by Crippen LogP contribution is -2.26. The van der Waals surface area contributed by atoms with Crippen LogP contribution in [0.15, 0.2) is 33.6 Å². The van der Waals surface area contributed by atoms with E-state index in [4.69, 9.17) is 4.74 Å². The summed E-state index contributed by atoms with van der Waals surface area (Å²) in [7, 11) is -1.58. The molecule has 0 aliphatic heterocycles. The standard InChI is InChI=1S/C11H16BrNO3S/c1-16-8-6-13-7-9-17(14,15)11-4-2-10(12)3-5-11/h2-5,13H,6-9H2,1H3. The zero-order valence-corrected chi connectivity index (χ0v) is 12.1. The minimum Gasteiger partial charge on any atom is -0.383 e. The zero-order valence-electron chi connectivity index (χ0n) is 9.65. The Morgan fingerprint density at radius 1 is 1.24 bits per heavy atom. The van der Waals surface area contributed by atoms with Gasteiger partial charge in [-0.15, -0.1) is 0 Å². The Kier molecular flexibility index (Phi) is 6.11. The fraction of sp³-hybridized carbons (Fsp3) is 0.455. The van der Waals surface area contributed by atoms with Crippen LogP contribution in [-0.4, -0.2) is 41.0 Å². The molecule has 0 amide bonds.